The third-order valence-corrected chi connectivity index (χ3v) is 5.37. The second kappa shape index (κ2) is 10.4. The van der Waals surface area contributed by atoms with Crippen molar-refractivity contribution in [3.05, 3.63) is 29.5 Å². The second-order valence-electron chi connectivity index (χ2n) is 8.21. The standard InChI is InChI=1S/C20H36N2O6/c1-14(8-9-16(23)19(2,3)28-5)7-6-10-20(4,25)17(24)11-15-12-18(21-13-15)22(26)27/h7,12-13,16-17,21,23-27H,6,8-11H2,1-5H3. The summed E-state index contributed by atoms with van der Waals surface area (Å²) in [6, 6.07) is 1.48. The maximum atomic E-state index is 10.6. The van der Waals surface area contributed by atoms with Gasteiger partial charge in [0.25, 0.3) is 0 Å². The molecule has 3 atom stereocenters. The van der Waals surface area contributed by atoms with Crippen molar-refractivity contribution in [1.82, 2.24) is 4.98 Å². The highest BCUT2D eigenvalue weighted by Crippen LogP contribution is 2.24. The number of aliphatic hydroxyl groups excluding tert-OH is 2. The van der Waals surface area contributed by atoms with Gasteiger partial charge in [-0.1, -0.05) is 11.6 Å². The molecule has 0 fully saturated rings. The van der Waals surface area contributed by atoms with E-state index < -0.39 is 23.4 Å². The highest BCUT2D eigenvalue weighted by atomic mass is 16.8. The Kier molecular flexibility index (Phi) is 9.13. The molecule has 0 amide bonds. The van der Waals surface area contributed by atoms with E-state index in [0.29, 0.717) is 24.8 Å². The van der Waals surface area contributed by atoms with Gasteiger partial charge in [0.1, 0.15) is 0 Å². The molecule has 0 saturated carbocycles. The average molecular weight is 401 g/mol. The Morgan fingerprint density at radius 2 is 1.89 bits per heavy atom. The zero-order valence-corrected chi connectivity index (χ0v) is 17.5. The van der Waals surface area contributed by atoms with E-state index in [2.05, 4.69) is 4.98 Å². The average Bonchev–Trinajstić information content (AvgIpc) is 3.08. The van der Waals surface area contributed by atoms with Gasteiger partial charge in [0, 0.05) is 19.7 Å². The molecule has 0 spiro atoms. The summed E-state index contributed by atoms with van der Waals surface area (Å²) in [7, 11) is 1.58. The van der Waals surface area contributed by atoms with Crippen LogP contribution < -0.4 is 5.23 Å². The molecule has 6 N–H and O–H groups in total. The number of nitrogens with one attached hydrogen (secondary N) is 1. The van der Waals surface area contributed by atoms with E-state index >= 15 is 0 Å². The Balaban J connectivity index is 2.48. The fourth-order valence-corrected chi connectivity index (χ4v) is 2.83. The summed E-state index contributed by atoms with van der Waals surface area (Å²) in [6.07, 6.45) is 4.46. The normalized spacial score (nSPS) is 17.3. The van der Waals surface area contributed by atoms with Crippen molar-refractivity contribution in [2.45, 2.75) is 83.2 Å². The lowest BCUT2D eigenvalue weighted by Gasteiger charge is -2.29. The Bertz CT molecular complexity index is 624. The van der Waals surface area contributed by atoms with Gasteiger partial charge in [-0.2, -0.15) is 0 Å². The molecule has 0 aliphatic rings. The van der Waals surface area contributed by atoms with Crippen LogP contribution in [0.2, 0.25) is 0 Å². The number of H-pyrrole nitrogens is 1. The number of ether oxygens (including phenoxy) is 1. The molecule has 28 heavy (non-hydrogen) atoms. The molecule has 3 unspecified atom stereocenters. The number of rotatable bonds is 12. The second-order valence-corrected chi connectivity index (χ2v) is 8.21. The number of methoxy groups -OCH3 is 1. The predicted molar refractivity (Wildman–Crippen MR) is 106 cm³/mol. The van der Waals surface area contributed by atoms with Crippen LogP contribution in [0.25, 0.3) is 0 Å². The quantitative estimate of drug-likeness (QED) is 0.235. The van der Waals surface area contributed by atoms with E-state index in [1.165, 1.54) is 6.07 Å². The van der Waals surface area contributed by atoms with Gasteiger partial charge < -0.3 is 25.0 Å². The van der Waals surface area contributed by atoms with Gasteiger partial charge in [-0.05, 0) is 65.0 Å². The van der Waals surface area contributed by atoms with Gasteiger partial charge in [-0.15, -0.1) is 5.23 Å². The van der Waals surface area contributed by atoms with Crippen molar-refractivity contribution < 1.29 is 30.5 Å². The highest BCUT2D eigenvalue weighted by Gasteiger charge is 2.30. The smallest absolute Gasteiger partial charge is 0.161 e. The lowest BCUT2D eigenvalue weighted by molar-refractivity contribution is -0.0797. The van der Waals surface area contributed by atoms with E-state index in [4.69, 9.17) is 15.2 Å². The van der Waals surface area contributed by atoms with Crippen LogP contribution >= 0.6 is 0 Å². The monoisotopic (exact) mass is 400 g/mol. The van der Waals surface area contributed by atoms with Crippen LogP contribution in [0.15, 0.2) is 23.9 Å². The number of nitrogens with zero attached hydrogens (tertiary/aromatic N) is 1. The summed E-state index contributed by atoms with van der Waals surface area (Å²) in [5, 5.41) is 49.0. The summed E-state index contributed by atoms with van der Waals surface area (Å²) in [5.74, 6) is 0.0826. The maximum absolute atomic E-state index is 10.6. The van der Waals surface area contributed by atoms with Crippen LogP contribution in [0.5, 0.6) is 0 Å². The summed E-state index contributed by atoms with van der Waals surface area (Å²) >= 11 is 0. The van der Waals surface area contributed by atoms with Gasteiger partial charge in [-0.3, -0.25) is 10.4 Å². The number of aliphatic hydroxyl groups is 3. The first-order valence-electron chi connectivity index (χ1n) is 9.53. The fraction of sp³-hybridized carbons (Fsp3) is 0.700. The predicted octanol–water partition coefficient (Wildman–Crippen LogP) is 2.55. The molecular weight excluding hydrogens is 364 g/mol. The van der Waals surface area contributed by atoms with E-state index in [9.17, 15) is 15.3 Å². The van der Waals surface area contributed by atoms with Crippen molar-refractivity contribution in [2.75, 3.05) is 12.3 Å². The topological polar surface area (TPSA) is 129 Å². The van der Waals surface area contributed by atoms with Gasteiger partial charge in [0.2, 0.25) is 0 Å². The molecule has 0 bridgehead atoms. The van der Waals surface area contributed by atoms with Crippen LogP contribution in [0.4, 0.5) is 5.82 Å². The third kappa shape index (κ3) is 7.54. The molecule has 0 radical (unpaired) electrons. The minimum atomic E-state index is -1.29. The van der Waals surface area contributed by atoms with Gasteiger partial charge in [0.05, 0.1) is 23.4 Å². The summed E-state index contributed by atoms with van der Waals surface area (Å²) in [4.78, 5) is 2.65. The first kappa shape index (κ1) is 24.6. The SMILES string of the molecule is COC(C)(C)C(O)CCC(C)=CCCC(C)(O)C(O)Cc1c[nH]c(N(O)O)c1. The lowest BCUT2D eigenvalue weighted by atomic mass is 9.89. The molecular formula is C20H36N2O6. The minimum absolute atomic E-state index is 0.0354. The molecule has 0 aliphatic heterocycles. The molecule has 1 rings (SSSR count). The van der Waals surface area contributed by atoms with Gasteiger partial charge in [0.15, 0.2) is 5.82 Å². The van der Waals surface area contributed by atoms with Crippen LogP contribution in [-0.2, 0) is 11.2 Å². The number of anilines is 1. The van der Waals surface area contributed by atoms with Crippen LogP contribution in [0.1, 0.15) is 58.9 Å². The highest BCUT2D eigenvalue weighted by molar-refractivity contribution is 5.37. The fourth-order valence-electron chi connectivity index (χ4n) is 2.83. The molecule has 162 valence electrons. The Morgan fingerprint density at radius 3 is 2.43 bits per heavy atom. The van der Waals surface area contributed by atoms with Crippen molar-refractivity contribution in [3.8, 4) is 0 Å². The zero-order chi connectivity index (χ0) is 21.5. The number of hydrogen-bond acceptors (Lipinski definition) is 7. The number of allylic oxidation sites excluding steroid dienone is 2. The molecule has 1 aromatic heterocycles. The number of hydrogen-bond donors (Lipinski definition) is 6. The zero-order valence-electron chi connectivity index (χ0n) is 17.5. The molecule has 0 aromatic carbocycles. The van der Waals surface area contributed by atoms with Gasteiger partial charge in [-0.25, -0.2) is 0 Å². The molecule has 8 heteroatoms. The first-order chi connectivity index (χ1) is 12.9. The van der Waals surface area contributed by atoms with Crippen LogP contribution in [0, 0.1) is 0 Å². The van der Waals surface area contributed by atoms with Crippen molar-refractivity contribution >= 4 is 5.82 Å². The summed E-state index contributed by atoms with van der Waals surface area (Å²) in [5.41, 5.74) is -0.117. The van der Waals surface area contributed by atoms with E-state index in [-0.39, 0.29) is 17.5 Å². The van der Waals surface area contributed by atoms with Crippen LogP contribution in [-0.4, -0.2) is 61.2 Å². The minimum Gasteiger partial charge on any atom is -0.390 e. The first-order valence-corrected chi connectivity index (χ1v) is 9.53. The van der Waals surface area contributed by atoms with Gasteiger partial charge >= 0.3 is 0 Å². The Hall–Kier alpha value is -1.42. The Morgan fingerprint density at radius 1 is 1.25 bits per heavy atom. The molecule has 1 aromatic rings. The molecule has 8 nitrogen and oxygen atoms in total. The van der Waals surface area contributed by atoms with Crippen molar-refractivity contribution in [1.29, 1.82) is 0 Å². The molecule has 0 saturated heterocycles. The van der Waals surface area contributed by atoms with E-state index in [0.717, 1.165) is 12.0 Å². The van der Waals surface area contributed by atoms with E-state index in [1.54, 1.807) is 20.2 Å². The largest absolute Gasteiger partial charge is 0.390 e. The lowest BCUT2D eigenvalue weighted by Crippen LogP contribution is -2.40. The third-order valence-electron chi connectivity index (χ3n) is 5.37. The number of aromatic amines is 1. The molecule has 0 aliphatic carbocycles. The number of aromatic nitrogens is 1. The maximum Gasteiger partial charge on any atom is 0.161 e. The Labute approximate surface area is 167 Å². The molecule has 1 heterocycles. The summed E-state index contributed by atoms with van der Waals surface area (Å²) < 4.78 is 5.28. The van der Waals surface area contributed by atoms with Crippen molar-refractivity contribution in [2.24, 2.45) is 0 Å². The van der Waals surface area contributed by atoms with Crippen LogP contribution in [0.3, 0.4) is 0 Å². The van der Waals surface area contributed by atoms with Crippen molar-refractivity contribution in [3.63, 3.8) is 0 Å². The summed E-state index contributed by atoms with van der Waals surface area (Å²) in [6.45, 7) is 7.26. The van der Waals surface area contributed by atoms with E-state index in [1.807, 2.05) is 26.8 Å².